The normalized spacial score (nSPS) is 31.6. The molecule has 4 fully saturated rings. The van der Waals surface area contributed by atoms with Gasteiger partial charge in [0.05, 0.1) is 11.4 Å². The zero-order valence-corrected chi connectivity index (χ0v) is 18.8. The summed E-state index contributed by atoms with van der Waals surface area (Å²) in [7, 11) is -3.10. The highest BCUT2D eigenvalue weighted by molar-refractivity contribution is 7.89. The van der Waals surface area contributed by atoms with E-state index >= 15 is 0 Å². The van der Waals surface area contributed by atoms with Gasteiger partial charge in [0, 0.05) is 29.7 Å². The van der Waals surface area contributed by atoms with Crippen LogP contribution in [0.2, 0.25) is 0 Å². The Kier molecular flexibility index (Phi) is 4.97. The largest absolute Gasteiger partial charge is 0.390 e. The van der Waals surface area contributed by atoms with Gasteiger partial charge < -0.3 is 15.7 Å². The van der Waals surface area contributed by atoms with E-state index in [4.69, 9.17) is 4.98 Å². The van der Waals surface area contributed by atoms with E-state index in [1.165, 1.54) is 19.1 Å². The van der Waals surface area contributed by atoms with E-state index in [0.717, 1.165) is 41.9 Å². The number of nitrogens with one attached hydrogen (secondary N) is 2. The minimum absolute atomic E-state index is 0.00186. The number of hydrogen-bond acceptors (Lipinski definition) is 7. The molecule has 31 heavy (non-hydrogen) atoms. The predicted molar refractivity (Wildman–Crippen MR) is 121 cm³/mol. The Morgan fingerprint density at radius 2 is 1.94 bits per heavy atom. The van der Waals surface area contributed by atoms with Gasteiger partial charge in [-0.1, -0.05) is 12.1 Å². The number of sulfone groups is 1. The zero-order chi connectivity index (χ0) is 21.8. The van der Waals surface area contributed by atoms with E-state index in [1.807, 2.05) is 31.3 Å². The summed E-state index contributed by atoms with van der Waals surface area (Å²) in [6, 6.07) is 7.66. The van der Waals surface area contributed by atoms with Gasteiger partial charge in [-0.2, -0.15) is 4.98 Å². The average molecular weight is 443 g/mol. The highest BCUT2D eigenvalue weighted by atomic mass is 32.2. The molecule has 2 aromatic rings. The Morgan fingerprint density at radius 3 is 2.61 bits per heavy atom. The van der Waals surface area contributed by atoms with Gasteiger partial charge in [-0.05, 0) is 74.5 Å². The molecule has 3 N–H and O–H groups in total. The zero-order valence-electron chi connectivity index (χ0n) is 18.0. The third-order valence-electron chi connectivity index (χ3n) is 7.13. The van der Waals surface area contributed by atoms with Gasteiger partial charge in [0.25, 0.3) is 0 Å². The van der Waals surface area contributed by atoms with Crippen molar-refractivity contribution in [1.29, 1.82) is 0 Å². The fourth-order valence-corrected chi connectivity index (χ4v) is 6.98. The Labute approximate surface area is 183 Å². The molecule has 6 rings (SSSR count). The van der Waals surface area contributed by atoms with Crippen molar-refractivity contribution in [1.82, 2.24) is 9.97 Å². The second kappa shape index (κ2) is 7.45. The van der Waals surface area contributed by atoms with Gasteiger partial charge in [-0.25, -0.2) is 13.4 Å². The minimum atomic E-state index is -3.10. The highest BCUT2D eigenvalue weighted by Crippen LogP contribution is 2.56. The maximum atomic E-state index is 11.6. The van der Waals surface area contributed by atoms with Crippen LogP contribution >= 0.6 is 0 Å². The molecule has 4 saturated carbocycles. The van der Waals surface area contributed by atoms with Crippen LogP contribution in [-0.4, -0.2) is 41.4 Å². The van der Waals surface area contributed by atoms with Crippen LogP contribution in [0.4, 0.5) is 17.5 Å². The van der Waals surface area contributed by atoms with E-state index < -0.39 is 15.4 Å². The first-order chi connectivity index (χ1) is 14.7. The van der Waals surface area contributed by atoms with Crippen LogP contribution in [0.5, 0.6) is 0 Å². The molecular weight excluding hydrogens is 412 g/mol. The van der Waals surface area contributed by atoms with E-state index in [2.05, 4.69) is 15.6 Å². The second-order valence-electron chi connectivity index (χ2n) is 9.99. The van der Waals surface area contributed by atoms with Crippen molar-refractivity contribution in [2.24, 2.45) is 17.8 Å². The maximum absolute atomic E-state index is 11.6. The molecule has 0 radical (unpaired) electrons. The fraction of sp³-hybridized carbons (Fsp3) is 0.565. The van der Waals surface area contributed by atoms with Crippen LogP contribution in [0.1, 0.15) is 43.2 Å². The summed E-state index contributed by atoms with van der Waals surface area (Å²) < 4.78 is 23.2. The first-order valence-electron chi connectivity index (χ1n) is 11.0. The minimum Gasteiger partial charge on any atom is -0.390 e. The quantitative estimate of drug-likeness (QED) is 0.630. The summed E-state index contributed by atoms with van der Waals surface area (Å²) in [4.78, 5) is 9.14. The summed E-state index contributed by atoms with van der Waals surface area (Å²) in [5.41, 5.74) is 2.03. The van der Waals surface area contributed by atoms with Gasteiger partial charge in [0.1, 0.15) is 5.82 Å². The molecule has 4 bridgehead atoms. The smallest absolute Gasteiger partial charge is 0.229 e. The standard InChI is InChI=1S/C23H30N4O3S/c1-14-12-24-22(25-19-5-3-4-15(8-19)13-31(2,29)30)27-21(14)26-20-17-6-16-7-18(20)11-23(28,9-16)10-17/h3-5,8,12,16-18,20,28H,6-7,9-11,13H2,1-2H3,(H2,24,25,26,27). The van der Waals surface area contributed by atoms with Crippen LogP contribution < -0.4 is 10.6 Å². The lowest BCUT2D eigenvalue weighted by molar-refractivity contribution is -0.129. The van der Waals surface area contributed by atoms with Gasteiger partial charge in [0.15, 0.2) is 9.84 Å². The summed E-state index contributed by atoms with van der Waals surface area (Å²) in [5.74, 6) is 2.97. The number of aromatic nitrogens is 2. The molecule has 2 atom stereocenters. The van der Waals surface area contributed by atoms with E-state index in [-0.39, 0.29) is 5.75 Å². The van der Waals surface area contributed by atoms with Gasteiger partial charge in [0.2, 0.25) is 5.95 Å². The monoisotopic (exact) mass is 442 g/mol. The SMILES string of the molecule is Cc1cnc(Nc2cccc(CS(C)(=O)=O)c2)nc1NC1C2CC3CC1CC(O)(C3)C2. The number of nitrogens with zero attached hydrogens (tertiary/aromatic N) is 2. The fourth-order valence-electron chi connectivity index (χ4n) is 6.19. The van der Waals surface area contributed by atoms with Crippen molar-refractivity contribution in [3.63, 3.8) is 0 Å². The van der Waals surface area contributed by atoms with Crippen molar-refractivity contribution in [3.8, 4) is 0 Å². The number of benzene rings is 1. The Morgan fingerprint density at radius 1 is 1.19 bits per heavy atom. The van der Waals surface area contributed by atoms with Crippen molar-refractivity contribution in [2.75, 3.05) is 16.9 Å². The molecule has 0 saturated heterocycles. The average Bonchev–Trinajstić information content (AvgIpc) is 2.64. The van der Waals surface area contributed by atoms with Gasteiger partial charge in [-0.15, -0.1) is 0 Å². The van der Waals surface area contributed by atoms with E-state index in [0.29, 0.717) is 29.7 Å². The Balaban J connectivity index is 1.33. The lowest BCUT2D eigenvalue weighted by Crippen LogP contribution is -2.59. The molecule has 0 aliphatic heterocycles. The first-order valence-corrected chi connectivity index (χ1v) is 13.1. The molecule has 0 amide bonds. The van der Waals surface area contributed by atoms with Crippen LogP contribution in [0.15, 0.2) is 30.5 Å². The first kappa shape index (κ1) is 20.7. The number of rotatable bonds is 6. The number of aliphatic hydroxyl groups is 1. The molecule has 1 heterocycles. The Bertz CT molecular complexity index is 1090. The lowest BCUT2D eigenvalue weighted by atomic mass is 9.52. The second-order valence-corrected chi connectivity index (χ2v) is 12.1. The predicted octanol–water partition coefficient (Wildman–Crippen LogP) is 3.42. The third kappa shape index (κ3) is 4.41. The molecule has 8 heteroatoms. The summed E-state index contributed by atoms with van der Waals surface area (Å²) in [6.07, 6.45) is 8.18. The highest BCUT2D eigenvalue weighted by Gasteiger charge is 2.54. The van der Waals surface area contributed by atoms with Crippen molar-refractivity contribution in [3.05, 3.63) is 41.6 Å². The number of aryl methyl sites for hydroxylation is 1. The Hall–Kier alpha value is -2.19. The summed E-state index contributed by atoms with van der Waals surface area (Å²) in [5, 5.41) is 17.7. The number of anilines is 3. The molecule has 4 aliphatic rings. The molecule has 2 unspecified atom stereocenters. The summed E-state index contributed by atoms with van der Waals surface area (Å²) >= 11 is 0. The van der Waals surface area contributed by atoms with Crippen molar-refractivity contribution < 1.29 is 13.5 Å². The molecular formula is C23H30N4O3S. The molecule has 4 aliphatic carbocycles. The topological polar surface area (TPSA) is 104 Å². The molecule has 1 aromatic heterocycles. The summed E-state index contributed by atoms with van der Waals surface area (Å²) in [6.45, 7) is 2.00. The van der Waals surface area contributed by atoms with Crippen molar-refractivity contribution in [2.45, 2.75) is 56.4 Å². The van der Waals surface area contributed by atoms with Crippen LogP contribution in [0.3, 0.4) is 0 Å². The third-order valence-corrected chi connectivity index (χ3v) is 7.99. The molecule has 0 spiro atoms. The molecule has 166 valence electrons. The van der Waals surface area contributed by atoms with Crippen LogP contribution in [0, 0.1) is 24.7 Å². The van der Waals surface area contributed by atoms with Crippen LogP contribution in [0.25, 0.3) is 0 Å². The van der Waals surface area contributed by atoms with Crippen LogP contribution in [-0.2, 0) is 15.6 Å². The molecule has 7 nitrogen and oxygen atoms in total. The maximum Gasteiger partial charge on any atom is 0.229 e. The van der Waals surface area contributed by atoms with Crippen molar-refractivity contribution >= 4 is 27.3 Å². The number of hydrogen-bond donors (Lipinski definition) is 3. The van der Waals surface area contributed by atoms with E-state index in [1.54, 1.807) is 6.07 Å². The van der Waals surface area contributed by atoms with Gasteiger partial charge >= 0.3 is 0 Å². The van der Waals surface area contributed by atoms with Gasteiger partial charge in [-0.3, -0.25) is 0 Å². The van der Waals surface area contributed by atoms with E-state index in [9.17, 15) is 13.5 Å². The lowest BCUT2D eigenvalue weighted by Gasteiger charge is -2.58. The molecule has 1 aromatic carbocycles.